The van der Waals surface area contributed by atoms with E-state index >= 15 is 0 Å². The normalized spacial score (nSPS) is 10.4. The van der Waals surface area contributed by atoms with Crippen LogP contribution >= 0.6 is 0 Å². The Bertz CT molecular complexity index is 509. The maximum absolute atomic E-state index is 11.1. The molecule has 0 N–H and O–H groups in total. The molecule has 0 unspecified atom stereocenters. The van der Waals surface area contributed by atoms with Gasteiger partial charge in [0.2, 0.25) is 0 Å². The lowest BCUT2D eigenvalue weighted by molar-refractivity contribution is -0.141. The number of ether oxygens (including phenoxy) is 3. The van der Waals surface area contributed by atoms with Crippen LogP contribution in [0, 0.1) is 0 Å². The number of methoxy groups -OCH3 is 3. The summed E-state index contributed by atoms with van der Waals surface area (Å²) in [7, 11) is 4.54. The van der Waals surface area contributed by atoms with Gasteiger partial charge < -0.3 is 14.2 Å². The Labute approximate surface area is 157 Å². The molecule has 0 amide bonds. The number of carbonyl (C=O) groups excluding carboxylic acids is 2. The van der Waals surface area contributed by atoms with Gasteiger partial charge in [-0.3, -0.25) is 9.59 Å². The first kappa shape index (κ1) is 22.0. The molecule has 0 aromatic heterocycles. The molecule has 0 heterocycles. The van der Waals surface area contributed by atoms with Crippen LogP contribution in [0.25, 0.3) is 0 Å². The van der Waals surface area contributed by atoms with Crippen molar-refractivity contribution in [2.75, 3.05) is 21.3 Å². The molecule has 5 nitrogen and oxygen atoms in total. The zero-order chi connectivity index (χ0) is 19.2. The molecule has 0 atom stereocenters. The minimum absolute atomic E-state index is 0.138. The van der Waals surface area contributed by atoms with Crippen LogP contribution in [0.1, 0.15) is 62.5 Å². The number of esters is 2. The Morgan fingerprint density at radius 3 is 1.54 bits per heavy atom. The molecule has 0 spiro atoms. The van der Waals surface area contributed by atoms with Crippen LogP contribution in [-0.4, -0.2) is 33.3 Å². The molecule has 146 valence electrons. The summed E-state index contributed by atoms with van der Waals surface area (Å²) < 4.78 is 14.7. The van der Waals surface area contributed by atoms with Gasteiger partial charge in [0.1, 0.15) is 5.75 Å². The predicted octanol–water partition coefficient (Wildman–Crippen LogP) is 4.25. The van der Waals surface area contributed by atoms with Crippen molar-refractivity contribution in [2.24, 2.45) is 0 Å². The van der Waals surface area contributed by atoms with Crippen molar-refractivity contribution in [3.8, 4) is 5.75 Å². The van der Waals surface area contributed by atoms with E-state index in [4.69, 9.17) is 4.74 Å². The maximum atomic E-state index is 11.1. The molecule has 0 aliphatic heterocycles. The van der Waals surface area contributed by atoms with E-state index in [-0.39, 0.29) is 11.9 Å². The number of hydrogen-bond donors (Lipinski definition) is 0. The molecule has 0 radical (unpaired) electrons. The van der Waals surface area contributed by atoms with Gasteiger partial charge in [0, 0.05) is 12.8 Å². The van der Waals surface area contributed by atoms with Crippen LogP contribution in [0.4, 0.5) is 0 Å². The van der Waals surface area contributed by atoms with Crippen LogP contribution in [0.3, 0.4) is 0 Å². The smallest absolute Gasteiger partial charge is 0.305 e. The predicted molar refractivity (Wildman–Crippen MR) is 101 cm³/mol. The lowest BCUT2D eigenvalue weighted by atomic mass is 10.00. The van der Waals surface area contributed by atoms with Crippen molar-refractivity contribution in [2.45, 2.75) is 64.2 Å². The summed E-state index contributed by atoms with van der Waals surface area (Å²) >= 11 is 0. The second kappa shape index (κ2) is 13.2. The second-order valence-electron chi connectivity index (χ2n) is 6.46. The van der Waals surface area contributed by atoms with E-state index in [2.05, 4.69) is 27.7 Å². The summed E-state index contributed by atoms with van der Waals surface area (Å²) in [4.78, 5) is 22.2. The highest BCUT2D eigenvalue weighted by atomic mass is 16.5. The molecule has 0 aliphatic carbocycles. The van der Waals surface area contributed by atoms with Gasteiger partial charge in [0.15, 0.2) is 0 Å². The molecule has 0 saturated carbocycles. The van der Waals surface area contributed by atoms with Crippen molar-refractivity contribution >= 4 is 11.9 Å². The summed E-state index contributed by atoms with van der Waals surface area (Å²) in [5.74, 6) is 0.614. The molecule has 1 aromatic carbocycles. The molecular weight excluding hydrogens is 332 g/mol. The van der Waals surface area contributed by atoms with Gasteiger partial charge in [-0.15, -0.1) is 0 Å². The van der Waals surface area contributed by atoms with Crippen molar-refractivity contribution in [3.05, 3.63) is 29.3 Å². The van der Waals surface area contributed by atoms with Crippen LogP contribution in [0.2, 0.25) is 0 Å². The summed E-state index contributed by atoms with van der Waals surface area (Å²) in [5.41, 5.74) is 2.54. The first-order valence-electron chi connectivity index (χ1n) is 9.39. The minimum Gasteiger partial charge on any atom is -0.497 e. The summed E-state index contributed by atoms with van der Waals surface area (Å²) in [6.45, 7) is 0. The fourth-order valence-electron chi connectivity index (χ4n) is 2.89. The van der Waals surface area contributed by atoms with E-state index in [1.54, 1.807) is 7.11 Å². The van der Waals surface area contributed by atoms with Crippen LogP contribution in [-0.2, 0) is 31.9 Å². The van der Waals surface area contributed by atoms with E-state index in [1.165, 1.54) is 25.3 Å². The Morgan fingerprint density at radius 1 is 0.692 bits per heavy atom. The van der Waals surface area contributed by atoms with Gasteiger partial charge in [0.05, 0.1) is 21.3 Å². The topological polar surface area (TPSA) is 61.8 Å². The van der Waals surface area contributed by atoms with Gasteiger partial charge in [-0.05, 0) is 61.8 Å². The van der Waals surface area contributed by atoms with Crippen molar-refractivity contribution in [1.29, 1.82) is 0 Å². The third-order valence-electron chi connectivity index (χ3n) is 4.41. The van der Waals surface area contributed by atoms with E-state index in [1.807, 2.05) is 0 Å². The number of aryl methyl sites for hydroxylation is 2. The van der Waals surface area contributed by atoms with E-state index in [9.17, 15) is 9.59 Å². The van der Waals surface area contributed by atoms with Crippen molar-refractivity contribution < 1.29 is 23.8 Å². The van der Waals surface area contributed by atoms with Crippen molar-refractivity contribution in [1.82, 2.24) is 0 Å². The molecule has 0 saturated heterocycles. The molecule has 1 rings (SSSR count). The quantitative estimate of drug-likeness (QED) is 0.387. The molecular formula is C21H32O5. The van der Waals surface area contributed by atoms with Gasteiger partial charge >= 0.3 is 11.9 Å². The lowest BCUT2D eigenvalue weighted by Crippen LogP contribution is -2.00. The first-order chi connectivity index (χ1) is 12.6. The average Bonchev–Trinajstić information content (AvgIpc) is 2.66. The van der Waals surface area contributed by atoms with E-state index in [0.29, 0.717) is 12.8 Å². The van der Waals surface area contributed by atoms with E-state index in [0.717, 1.165) is 57.1 Å². The van der Waals surface area contributed by atoms with Gasteiger partial charge in [-0.25, -0.2) is 0 Å². The standard InChI is InChI=1S/C21H32O5/c1-24-19-15-17(10-6-4-8-12-20(22)25-2)14-18(16-19)11-7-5-9-13-21(23)26-3/h14-16H,4-13H2,1-3H3. The Balaban J connectivity index is 2.39. The fraction of sp³-hybridized carbons (Fsp3) is 0.619. The highest BCUT2D eigenvalue weighted by Crippen LogP contribution is 2.21. The maximum Gasteiger partial charge on any atom is 0.305 e. The summed E-state index contributed by atoms with van der Waals surface area (Å²) in [6, 6.07) is 6.41. The summed E-state index contributed by atoms with van der Waals surface area (Å²) in [6.07, 6.45) is 8.78. The number of benzene rings is 1. The highest BCUT2D eigenvalue weighted by Gasteiger charge is 2.05. The van der Waals surface area contributed by atoms with Crippen LogP contribution in [0.15, 0.2) is 18.2 Å². The number of rotatable bonds is 13. The zero-order valence-electron chi connectivity index (χ0n) is 16.3. The SMILES string of the molecule is COC(=O)CCCCCc1cc(CCCCCC(=O)OC)cc(OC)c1. The number of unbranched alkanes of at least 4 members (excludes halogenated alkanes) is 4. The third kappa shape index (κ3) is 9.44. The highest BCUT2D eigenvalue weighted by molar-refractivity contribution is 5.69. The van der Waals surface area contributed by atoms with Crippen LogP contribution in [0.5, 0.6) is 5.75 Å². The largest absolute Gasteiger partial charge is 0.497 e. The average molecular weight is 364 g/mol. The van der Waals surface area contributed by atoms with Gasteiger partial charge in [0.25, 0.3) is 0 Å². The Hall–Kier alpha value is -2.04. The Morgan fingerprint density at radius 2 is 1.15 bits per heavy atom. The fourth-order valence-corrected chi connectivity index (χ4v) is 2.89. The van der Waals surface area contributed by atoms with E-state index < -0.39 is 0 Å². The molecule has 5 heteroatoms. The van der Waals surface area contributed by atoms with Crippen molar-refractivity contribution in [3.63, 3.8) is 0 Å². The molecule has 26 heavy (non-hydrogen) atoms. The molecule has 0 bridgehead atoms. The summed E-state index contributed by atoms with van der Waals surface area (Å²) in [5, 5.41) is 0. The first-order valence-corrected chi connectivity index (χ1v) is 9.39. The lowest BCUT2D eigenvalue weighted by Gasteiger charge is -2.09. The zero-order valence-corrected chi connectivity index (χ0v) is 16.3. The Kier molecular flexibility index (Phi) is 11.2. The third-order valence-corrected chi connectivity index (χ3v) is 4.41. The monoisotopic (exact) mass is 364 g/mol. The van der Waals surface area contributed by atoms with Crippen LogP contribution < -0.4 is 4.74 Å². The molecule has 1 aromatic rings. The molecule has 0 aliphatic rings. The number of hydrogen-bond acceptors (Lipinski definition) is 5. The molecule has 0 fully saturated rings. The second-order valence-corrected chi connectivity index (χ2v) is 6.46. The van der Waals surface area contributed by atoms with Gasteiger partial charge in [-0.2, -0.15) is 0 Å². The van der Waals surface area contributed by atoms with Gasteiger partial charge in [-0.1, -0.05) is 18.9 Å². The number of carbonyl (C=O) groups is 2. The minimum atomic E-state index is -0.138.